The van der Waals surface area contributed by atoms with E-state index in [-0.39, 0.29) is 10.8 Å². The van der Waals surface area contributed by atoms with Crippen molar-refractivity contribution < 1.29 is 0 Å². The molecule has 5 aromatic carbocycles. The quantitative estimate of drug-likeness (QED) is 0.162. The summed E-state index contributed by atoms with van der Waals surface area (Å²) in [6.45, 7) is 9.86. The molecular formula is C56H58N4. The summed E-state index contributed by atoms with van der Waals surface area (Å²) in [4.78, 5) is 15.9. The number of nitrogens with zero attached hydrogens (tertiary/aromatic N) is 4. The molecule has 0 amide bonds. The molecule has 4 heteroatoms. The number of hydrogen-bond acceptors (Lipinski definition) is 4. The van der Waals surface area contributed by atoms with Gasteiger partial charge in [-0.15, -0.1) is 0 Å². The minimum atomic E-state index is 0.265. The maximum atomic E-state index is 9.53. The van der Waals surface area contributed by atoms with Crippen molar-refractivity contribution in [3.05, 3.63) is 138 Å². The Kier molecular flexibility index (Phi) is 10.1. The molecule has 60 heavy (non-hydrogen) atoms. The third-order valence-electron chi connectivity index (χ3n) is 15.1. The average molecular weight is 787 g/mol. The summed E-state index contributed by atoms with van der Waals surface area (Å²) in [5.41, 5.74) is 11.4. The molecule has 1 aromatic heterocycles. The minimum Gasteiger partial charge on any atom is -0.208 e. The van der Waals surface area contributed by atoms with Crippen LogP contribution in [0.5, 0.6) is 0 Å². The van der Waals surface area contributed by atoms with Crippen LogP contribution in [-0.4, -0.2) is 15.0 Å². The lowest BCUT2D eigenvalue weighted by Crippen LogP contribution is -2.42. The van der Waals surface area contributed by atoms with E-state index >= 15 is 0 Å². The second-order valence-electron chi connectivity index (χ2n) is 20.2. The van der Waals surface area contributed by atoms with E-state index < -0.39 is 0 Å². The molecular weight excluding hydrogens is 729 g/mol. The lowest BCUT2D eigenvalue weighted by molar-refractivity contribution is 0.0779. The number of nitriles is 1. The van der Waals surface area contributed by atoms with Gasteiger partial charge in [-0.2, -0.15) is 5.26 Å². The number of aromatic nitrogens is 3. The first-order valence-electron chi connectivity index (χ1n) is 22.8. The predicted molar refractivity (Wildman–Crippen MR) is 245 cm³/mol. The van der Waals surface area contributed by atoms with Crippen LogP contribution in [0, 0.1) is 46.8 Å². The first-order chi connectivity index (χ1) is 29.1. The number of hydrogen-bond donors (Lipinski definition) is 0. The van der Waals surface area contributed by atoms with Gasteiger partial charge in [0, 0.05) is 16.7 Å². The van der Waals surface area contributed by atoms with Crippen LogP contribution >= 0.6 is 0 Å². The van der Waals surface area contributed by atoms with Crippen LogP contribution in [0.15, 0.2) is 121 Å². The van der Waals surface area contributed by atoms with Crippen LogP contribution in [0.25, 0.3) is 56.4 Å². The average Bonchev–Trinajstić information content (AvgIpc) is 3.25. The topological polar surface area (TPSA) is 62.5 Å². The third kappa shape index (κ3) is 7.51. The molecule has 1 heterocycles. The molecule has 0 aliphatic heterocycles. The van der Waals surface area contributed by atoms with Gasteiger partial charge in [-0.25, -0.2) is 15.0 Å². The molecule has 6 aromatic rings. The lowest BCUT2D eigenvalue weighted by Gasteiger charge is -2.50. The van der Waals surface area contributed by atoms with Gasteiger partial charge in [0.2, 0.25) is 0 Å². The lowest BCUT2D eigenvalue weighted by atomic mass is 9.54. The van der Waals surface area contributed by atoms with E-state index in [1.807, 2.05) is 24.3 Å². The zero-order valence-corrected chi connectivity index (χ0v) is 35.9. The SMILES string of the molecule is C[C@@H]1C[C@@H]2C[C@H](C)CC(c3ccc(-c4nc(-c5ccc(C67C[C@H](C)C[C@H](C[C@H](C)C6)C7)cc5)nc(-c5cc(-c6ccccc6)cc(-c6ccc(C#N)cc6)c5)n4)cc3)(C1)C2. The van der Waals surface area contributed by atoms with Gasteiger partial charge in [-0.05, 0) is 174 Å². The Morgan fingerprint density at radius 1 is 0.417 bits per heavy atom. The summed E-state index contributed by atoms with van der Waals surface area (Å²) in [5.74, 6) is 6.78. The Morgan fingerprint density at radius 3 is 1.20 bits per heavy atom. The number of fused-ring (bicyclic) bond motifs is 4. The van der Waals surface area contributed by atoms with Crippen molar-refractivity contribution in [2.45, 2.75) is 103 Å². The standard InChI is InChI=1S/C56H58N4/c1-36-22-41-23-37(2)30-55(29-36,33-41)50-18-14-45(15-19-50)52-58-53(46-16-20-51(21-17-46)56-31-38(3)24-42(34-56)25-39(4)32-56)60-54(59-52)49-27-47(43-8-6-5-7-9-43)26-48(28-49)44-12-10-40(35-57)11-13-44/h5-21,26-28,36-39,41-42H,22-25,29-34H2,1-4H3/t36-,37+,38-,39+,41-,42-,55?,56?. The fourth-order valence-electron chi connectivity index (χ4n) is 13.3. The van der Waals surface area contributed by atoms with Gasteiger partial charge in [0.25, 0.3) is 0 Å². The van der Waals surface area contributed by atoms with Crippen LogP contribution in [-0.2, 0) is 10.8 Å². The Morgan fingerprint density at radius 2 is 0.783 bits per heavy atom. The summed E-state index contributed by atoms with van der Waals surface area (Å²) < 4.78 is 0. The monoisotopic (exact) mass is 786 g/mol. The van der Waals surface area contributed by atoms with Gasteiger partial charge in [0.05, 0.1) is 11.6 Å². The van der Waals surface area contributed by atoms with Gasteiger partial charge in [-0.1, -0.05) is 119 Å². The van der Waals surface area contributed by atoms with Gasteiger partial charge in [-0.3, -0.25) is 0 Å². The molecule has 4 bridgehead atoms. The van der Waals surface area contributed by atoms with Crippen molar-refractivity contribution in [1.29, 1.82) is 5.26 Å². The van der Waals surface area contributed by atoms with Crippen molar-refractivity contribution in [3.63, 3.8) is 0 Å². The molecule has 4 saturated carbocycles. The summed E-state index contributed by atoms with van der Waals surface area (Å²) in [6, 6.07) is 45.9. The van der Waals surface area contributed by atoms with E-state index in [0.29, 0.717) is 23.0 Å². The van der Waals surface area contributed by atoms with Gasteiger partial charge in [0.1, 0.15) is 0 Å². The Bertz CT molecular complexity index is 2390. The van der Waals surface area contributed by atoms with Gasteiger partial charge in [0.15, 0.2) is 17.5 Å². The molecule has 4 aliphatic rings. The van der Waals surface area contributed by atoms with E-state index in [2.05, 4.69) is 131 Å². The third-order valence-corrected chi connectivity index (χ3v) is 15.1. The molecule has 4 aliphatic carbocycles. The van der Waals surface area contributed by atoms with Crippen molar-refractivity contribution >= 4 is 0 Å². The van der Waals surface area contributed by atoms with Crippen LogP contribution in [0.2, 0.25) is 0 Å². The molecule has 0 spiro atoms. The molecule has 10 rings (SSSR count). The molecule has 2 unspecified atom stereocenters. The molecule has 0 radical (unpaired) electrons. The van der Waals surface area contributed by atoms with E-state index in [0.717, 1.165) is 74.5 Å². The Balaban J connectivity index is 1.09. The normalized spacial score (nSPS) is 28.4. The van der Waals surface area contributed by atoms with Crippen molar-refractivity contribution in [3.8, 4) is 62.5 Å². The minimum absolute atomic E-state index is 0.265. The zero-order chi connectivity index (χ0) is 41.0. The largest absolute Gasteiger partial charge is 0.208 e. The van der Waals surface area contributed by atoms with Gasteiger partial charge < -0.3 is 0 Å². The van der Waals surface area contributed by atoms with Crippen LogP contribution in [0.4, 0.5) is 0 Å². The van der Waals surface area contributed by atoms with Crippen molar-refractivity contribution in [2.24, 2.45) is 35.5 Å². The van der Waals surface area contributed by atoms with Crippen molar-refractivity contribution in [2.75, 3.05) is 0 Å². The maximum Gasteiger partial charge on any atom is 0.164 e. The number of rotatable bonds is 7. The highest BCUT2D eigenvalue weighted by atomic mass is 15.0. The molecule has 302 valence electrons. The summed E-state index contributed by atoms with van der Waals surface area (Å²) in [6.07, 6.45) is 13.3. The second kappa shape index (κ2) is 15.6. The Hall–Kier alpha value is -5.40. The molecule has 4 nitrogen and oxygen atoms in total. The Labute approximate surface area is 357 Å². The molecule has 4 fully saturated rings. The second-order valence-corrected chi connectivity index (χ2v) is 20.2. The van der Waals surface area contributed by atoms with E-state index in [4.69, 9.17) is 15.0 Å². The molecule has 0 N–H and O–H groups in total. The maximum absolute atomic E-state index is 9.53. The highest BCUT2D eigenvalue weighted by molar-refractivity contribution is 5.80. The highest BCUT2D eigenvalue weighted by Gasteiger charge is 2.46. The van der Waals surface area contributed by atoms with Gasteiger partial charge >= 0.3 is 0 Å². The predicted octanol–water partition coefficient (Wildman–Crippen LogP) is 14.3. The number of benzene rings is 5. The fourth-order valence-corrected chi connectivity index (χ4v) is 13.3. The fraction of sp³-hybridized carbons (Fsp3) is 0.393. The van der Waals surface area contributed by atoms with E-state index in [9.17, 15) is 5.26 Å². The van der Waals surface area contributed by atoms with Crippen LogP contribution in [0.1, 0.15) is 109 Å². The highest BCUT2D eigenvalue weighted by Crippen LogP contribution is 2.55. The van der Waals surface area contributed by atoms with Crippen molar-refractivity contribution in [1.82, 2.24) is 15.0 Å². The molecule has 8 atom stereocenters. The smallest absolute Gasteiger partial charge is 0.164 e. The summed E-state index contributed by atoms with van der Waals surface area (Å²) in [7, 11) is 0. The first kappa shape index (κ1) is 38.8. The van der Waals surface area contributed by atoms with E-state index in [1.54, 1.807) is 0 Å². The molecule has 0 saturated heterocycles. The van der Waals surface area contributed by atoms with E-state index in [1.165, 1.54) is 75.3 Å². The summed E-state index contributed by atoms with van der Waals surface area (Å²) in [5, 5.41) is 9.53. The first-order valence-corrected chi connectivity index (χ1v) is 22.8. The zero-order valence-electron chi connectivity index (χ0n) is 35.9. The van der Waals surface area contributed by atoms with Crippen LogP contribution in [0.3, 0.4) is 0 Å². The summed E-state index contributed by atoms with van der Waals surface area (Å²) >= 11 is 0. The van der Waals surface area contributed by atoms with Crippen LogP contribution < -0.4 is 0 Å².